The van der Waals surface area contributed by atoms with Gasteiger partial charge >= 0.3 is 11.8 Å². The molecule has 0 aliphatic carbocycles. The summed E-state index contributed by atoms with van der Waals surface area (Å²) in [4.78, 5) is 22.7. The van der Waals surface area contributed by atoms with E-state index in [1.807, 2.05) is 24.3 Å². The fraction of sp³-hybridized carbons (Fsp3) is 0.263. The summed E-state index contributed by atoms with van der Waals surface area (Å²) in [5.74, 6) is -0.0432. The molecule has 3 aromatic rings. The van der Waals surface area contributed by atoms with Crippen LogP contribution in [-0.2, 0) is 6.54 Å². The van der Waals surface area contributed by atoms with Crippen LogP contribution in [0.15, 0.2) is 53.3 Å². The van der Waals surface area contributed by atoms with Gasteiger partial charge in [0.15, 0.2) is 0 Å². The Balaban J connectivity index is 1.41. The fourth-order valence-corrected chi connectivity index (χ4v) is 2.99. The first-order valence-corrected chi connectivity index (χ1v) is 8.66. The van der Waals surface area contributed by atoms with E-state index in [0.717, 1.165) is 24.2 Å². The summed E-state index contributed by atoms with van der Waals surface area (Å²) in [6, 6.07) is 11.7. The first kappa shape index (κ1) is 16.3. The molecule has 0 unspecified atom stereocenters. The van der Waals surface area contributed by atoms with Crippen molar-refractivity contribution in [2.45, 2.75) is 19.4 Å². The van der Waals surface area contributed by atoms with E-state index in [-0.39, 0.29) is 5.89 Å². The summed E-state index contributed by atoms with van der Waals surface area (Å²) in [6.07, 6.45) is 5.86. The van der Waals surface area contributed by atoms with E-state index >= 15 is 0 Å². The number of nitrogens with zero attached hydrogens (tertiary/aromatic N) is 4. The highest BCUT2D eigenvalue weighted by molar-refractivity contribution is 5.89. The minimum atomic E-state index is -0.402. The van der Waals surface area contributed by atoms with E-state index in [4.69, 9.17) is 4.52 Å². The van der Waals surface area contributed by atoms with E-state index in [1.54, 1.807) is 12.4 Å². The number of pyridine rings is 1. The van der Waals surface area contributed by atoms with Crippen LogP contribution in [0.3, 0.4) is 0 Å². The second kappa shape index (κ2) is 7.35. The van der Waals surface area contributed by atoms with Gasteiger partial charge in [-0.1, -0.05) is 11.2 Å². The molecule has 4 rings (SSSR count). The van der Waals surface area contributed by atoms with Crippen molar-refractivity contribution in [1.29, 1.82) is 0 Å². The molecule has 0 atom stereocenters. The molecule has 132 valence electrons. The molecule has 1 saturated heterocycles. The number of amides is 1. The summed E-state index contributed by atoms with van der Waals surface area (Å²) in [5, 5.41) is 6.66. The third kappa shape index (κ3) is 3.56. The predicted molar refractivity (Wildman–Crippen MR) is 96.6 cm³/mol. The van der Waals surface area contributed by atoms with Crippen LogP contribution in [0.2, 0.25) is 0 Å². The standard InChI is InChI=1S/C19H19N5O2/c25-18(21-13-14-4-3-9-20-12-14)19-22-17(23-26-19)15-5-7-16(8-6-15)24-10-1-2-11-24/h3-9,12H,1-2,10-11,13H2,(H,21,25). The van der Waals surface area contributed by atoms with Crippen LogP contribution in [0.5, 0.6) is 0 Å². The van der Waals surface area contributed by atoms with Gasteiger partial charge in [-0.15, -0.1) is 0 Å². The Morgan fingerprint density at radius 1 is 1.15 bits per heavy atom. The first-order valence-electron chi connectivity index (χ1n) is 8.66. The number of carbonyl (C=O) groups excluding carboxylic acids is 1. The van der Waals surface area contributed by atoms with Crippen LogP contribution in [0.25, 0.3) is 11.4 Å². The molecule has 1 fully saturated rings. The van der Waals surface area contributed by atoms with Gasteiger partial charge in [0.2, 0.25) is 5.82 Å². The molecule has 1 N–H and O–H groups in total. The van der Waals surface area contributed by atoms with E-state index in [0.29, 0.717) is 12.4 Å². The normalized spacial score (nSPS) is 13.8. The fourth-order valence-electron chi connectivity index (χ4n) is 2.99. The van der Waals surface area contributed by atoms with Crippen molar-refractivity contribution in [1.82, 2.24) is 20.4 Å². The zero-order valence-corrected chi connectivity index (χ0v) is 14.3. The maximum absolute atomic E-state index is 12.2. The number of benzene rings is 1. The Morgan fingerprint density at radius 3 is 2.69 bits per heavy atom. The minimum Gasteiger partial charge on any atom is -0.372 e. The summed E-state index contributed by atoms with van der Waals surface area (Å²) in [7, 11) is 0. The average Bonchev–Trinajstić information content (AvgIpc) is 3.39. The van der Waals surface area contributed by atoms with E-state index in [9.17, 15) is 4.79 Å². The van der Waals surface area contributed by atoms with Gasteiger partial charge in [0.05, 0.1) is 0 Å². The Hall–Kier alpha value is -3.22. The molecule has 0 bridgehead atoms. The number of hydrogen-bond donors (Lipinski definition) is 1. The van der Waals surface area contributed by atoms with Gasteiger partial charge in [-0.2, -0.15) is 4.98 Å². The molecular formula is C19H19N5O2. The molecule has 0 spiro atoms. The van der Waals surface area contributed by atoms with Crippen LogP contribution < -0.4 is 10.2 Å². The lowest BCUT2D eigenvalue weighted by Crippen LogP contribution is -2.23. The topological polar surface area (TPSA) is 84.2 Å². The van der Waals surface area contributed by atoms with Gasteiger partial charge in [0, 0.05) is 43.3 Å². The Bertz CT molecular complexity index is 870. The van der Waals surface area contributed by atoms with E-state index in [1.165, 1.54) is 18.5 Å². The Kier molecular flexibility index (Phi) is 4.59. The minimum absolute atomic E-state index is 0.0486. The second-order valence-electron chi connectivity index (χ2n) is 6.21. The van der Waals surface area contributed by atoms with Crippen LogP contribution >= 0.6 is 0 Å². The largest absolute Gasteiger partial charge is 0.372 e. The summed E-state index contributed by atoms with van der Waals surface area (Å²) in [5.41, 5.74) is 2.92. The summed E-state index contributed by atoms with van der Waals surface area (Å²) in [6.45, 7) is 2.56. The van der Waals surface area contributed by atoms with Crippen LogP contribution in [0.1, 0.15) is 29.1 Å². The molecular weight excluding hydrogens is 330 g/mol. The Labute approximate surface area is 151 Å². The monoisotopic (exact) mass is 349 g/mol. The number of nitrogens with one attached hydrogen (secondary N) is 1. The van der Waals surface area contributed by atoms with Crippen LogP contribution in [0.4, 0.5) is 5.69 Å². The van der Waals surface area contributed by atoms with Crippen molar-refractivity contribution in [3.8, 4) is 11.4 Å². The van der Waals surface area contributed by atoms with Crippen molar-refractivity contribution in [3.63, 3.8) is 0 Å². The number of hydrogen-bond acceptors (Lipinski definition) is 6. The lowest BCUT2D eigenvalue weighted by molar-refractivity contribution is 0.0907. The van der Waals surface area contributed by atoms with Crippen LogP contribution in [0, 0.1) is 0 Å². The van der Waals surface area contributed by atoms with Crippen molar-refractivity contribution < 1.29 is 9.32 Å². The van der Waals surface area contributed by atoms with Gasteiger partial charge < -0.3 is 14.7 Å². The van der Waals surface area contributed by atoms with Crippen molar-refractivity contribution in [2.24, 2.45) is 0 Å². The van der Waals surface area contributed by atoms with Crippen molar-refractivity contribution >= 4 is 11.6 Å². The SMILES string of the molecule is O=C(NCc1cccnc1)c1nc(-c2ccc(N3CCCC3)cc2)no1. The third-order valence-corrected chi connectivity index (χ3v) is 4.39. The highest BCUT2D eigenvalue weighted by Gasteiger charge is 2.17. The Morgan fingerprint density at radius 2 is 1.96 bits per heavy atom. The molecule has 1 aliphatic heterocycles. The van der Waals surface area contributed by atoms with Gasteiger partial charge in [-0.3, -0.25) is 9.78 Å². The molecule has 26 heavy (non-hydrogen) atoms. The summed E-state index contributed by atoms with van der Waals surface area (Å²) < 4.78 is 5.10. The third-order valence-electron chi connectivity index (χ3n) is 4.39. The molecule has 0 radical (unpaired) electrons. The maximum atomic E-state index is 12.2. The van der Waals surface area contributed by atoms with E-state index in [2.05, 4.69) is 37.5 Å². The quantitative estimate of drug-likeness (QED) is 0.762. The van der Waals surface area contributed by atoms with E-state index < -0.39 is 5.91 Å². The molecule has 7 heteroatoms. The highest BCUT2D eigenvalue weighted by atomic mass is 16.5. The number of aromatic nitrogens is 3. The molecule has 1 aliphatic rings. The van der Waals surface area contributed by atoms with Crippen LogP contribution in [-0.4, -0.2) is 34.1 Å². The van der Waals surface area contributed by atoms with Gasteiger partial charge in [0.1, 0.15) is 0 Å². The van der Waals surface area contributed by atoms with Crippen molar-refractivity contribution in [2.75, 3.05) is 18.0 Å². The molecule has 2 aromatic heterocycles. The average molecular weight is 349 g/mol. The highest BCUT2D eigenvalue weighted by Crippen LogP contribution is 2.24. The number of anilines is 1. The summed E-state index contributed by atoms with van der Waals surface area (Å²) >= 11 is 0. The lowest BCUT2D eigenvalue weighted by Gasteiger charge is -2.17. The molecule has 0 saturated carbocycles. The second-order valence-corrected chi connectivity index (χ2v) is 6.21. The lowest BCUT2D eigenvalue weighted by atomic mass is 10.2. The van der Waals surface area contributed by atoms with Gasteiger partial charge in [0.25, 0.3) is 0 Å². The van der Waals surface area contributed by atoms with Crippen molar-refractivity contribution in [3.05, 3.63) is 60.2 Å². The molecule has 7 nitrogen and oxygen atoms in total. The molecule has 1 aromatic carbocycles. The number of carbonyl (C=O) groups is 1. The maximum Gasteiger partial charge on any atom is 0.316 e. The molecule has 3 heterocycles. The predicted octanol–water partition coefficient (Wildman–Crippen LogP) is 2.66. The first-order chi connectivity index (χ1) is 12.8. The number of rotatable bonds is 5. The van der Waals surface area contributed by atoms with Gasteiger partial charge in [-0.25, -0.2) is 0 Å². The zero-order valence-electron chi connectivity index (χ0n) is 14.3. The van der Waals surface area contributed by atoms with Gasteiger partial charge in [-0.05, 0) is 48.7 Å². The smallest absolute Gasteiger partial charge is 0.316 e. The molecule has 1 amide bonds. The zero-order chi connectivity index (χ0) is 17.8.